The third-order valence-corrected chi connectivity index (χ3v) is 5.94. The lowest BCUT2D eigenvalue weighted by molar-refractivity contribution is -0.130. The van der Waals surface area contributed by atoms with Gasteiger partial charge in [0.15, 0.2) is 11.6 Å². The van der Waals surface area contributed by atoms with Gasteiger partial charge < -0.3 is 16.0 Å². The Hall–Kier alpha value is -2.02. The summed E-state index contributed by atoms with van der Waals surface area (Å²) in [6.07, 6.45) is 4.62. The second-order valence-corrected chi connectivity index (χ2v) is 7.42. The van der Waals surface area contributed by atoms with Crippen molar-refractivity contribution in [3.05, 3.63) is 35.4 Å². The molecule has 2 aliphatic rings. The van der Waals surface area contributed by atoms with E-state index in [1.54, 1.807) is 4.90 Å². The van der Waals surface area contributed by atoms with E-state index in [4.69, 9.17) is 5.73 Å². The van der Waals surface area contributed by atoms with Crippen LogP contribution in [0.1, 0.15) is 37.7 Å². The van der Waals surface area contributed by atoms with Gasteiger partial charge >= 0.3 is 0 Å². The molecule has 1 unspecified atom stereocenters. The van der Waals surface area contributed by atoms with Gasteiger partial charge in [-0.15, -0.1) is 0 Å². The van der Waals surface area contributed by atoms with Crippen molar-refractivity contribution < 1.29 is 18.4 Å². The van der Waals surface area contributed by atoms with Crippen molar-refractivity contribution in [2.75, 3.05) is 19.6 Å². The van der Waals surface area contributed by atoms with Crippen molar-refractivity contribution >= 4 is 12.3 Å². The van der Waals surface area contributed by atoms with E-state index in [1.807, 2.05) is 0 Å². The van der Waals surface area contributed by atoms with Crippen molar-refractivity contribution in [2.24, 2.45) is 11.7 Å². The van der Waals surface area contributed by atoms with Crippen LogP contribution in [-0.2, 0) is 15.0 Å². The van der Waals surface area contributed by atoms with Crippen molar-refractivity contribution in [2.45, 2.75) is 43.6 Å². The zero-order chi connectivity index (χ0) is 18.7. The minimum absolute atomic E-state index is 0.171. The maximum atomic E-state index is 13.6. The molecule has 1 aromatic carbocycles. The van der Waals surface area contributed by atoms with Crippen LogP contribution in [0.2, 0.25) is 0 Å². The number of rotatable bonds is 6. The summed E-state index contributed by atoms with van der Waals surface area (Å²) in [7, 11) is 0. The Morgan fingerprint density at radius 1 is 1.31 bits per heavy atom. The van der Waals surface area contributed by atoms with E-state index >= 15 is 0 Å². The molecular weight excluding hydrogens is 340 g/mol. The normalized spacial score (nSPS) is 21.0. The first-order valence-corrected chi connectivity index (χ1v) is 9.15. The van der Waals surface area contributed by atoms with Gasteiger partial charge in [0, 0.05) is 25.7 Å². The molecule has 1 atom stereocenters. The molecule has 7 heteroatoms. The molecule has 0 spiro atoms. The highest BCUT2D eigenvalue weighted by atomic mass is 19.2. The largest absolute Gasteiger partial charge is 0.354 e. The fourth-order valence-corrected chi connectivity index (χ4v) is 3.97. The number of hydrogen-bond acceptors (Lipinski definition) is 3. The standard InChI is InChI=1S/C19H25F2N3O2/c20-15-3-2-14(10-16(15)21)19(6-1-7-19)18(26)23-11-17(22)13-4-8-24(12-25)9-5-13/h2-3,10,12-13,17H,1,4-9,11,22H2,(H,23,26). The zero-order valence-corrected chi connectivity index (χ0v) is 14.7. The highest BCUT2D eigenvalue weighted by molar-refractivity contribution is 5.89. The van der Waals surface area contributed by atoms with Gasteiger partial charge in [0.2, 0.25) is 12.3 Å². The quantitative estimate of drug-likeness (QED) is 0.754. The van der Waals surface area contributed by atoms with Crippen LogP contribution >= 0.6 is 0 Å². The molecule has 1 aliphatic carbocycles. The van der Waals surface area contributed by atoms with Crippen LogP contribution in [0.4, 0.5) is 8.78 Å². The number of piperidine rings is 1. The monoisotopic (exact) mass is 365 g/mol. The van der Waals surface area contributed by atoms with Crippen LogP contribution in [0.5, 0.6) is 0 Å². The first kappa shape index (κ1) is 18.8. The van der Waals surface area contributed by atoms with Gasteiger partial charge in [0.05, 0.1) is 5.41 Å². The number of carbonyl (C=O) groups is 2. The molecule has 3 rings (SSSR count). The number of likely N-dealkylation sites (tertiary alicyclic amines) is 1. The van der Waals surface area contributed by atoms with Crippen LogP contribution in [0, 0.1) is 17.6 Å². The Balaban J connectivity index is 1.59. The highest BCUT2D eigenvalue weighted by Gasteiger charge is 2.46. The SMILES string of the molecule is NC(CNC(=O)C1(c2ccc(F)c(F)c2)CCC1)C1CCN(C=O)CC1. The molecule has 1 aromatic rings. The number of carbonyl (C=O) groups excluding carboxylic acids is 2. The Kier molecular flexibility index (Phi) is 5.55. The van der Waals surface area contributed by atoms with Crippen molar-refractivity contribution in [3.63, 3.8) is 0 Å². The van der Waals surface area contributed by atoms with Crippen LogP contribution in [0.25, 0.3) is 0 Å². The second kappa shape index (κ2) is 7.70. The second-order valence-electron chi connectivity index (χ2n) is 7.42. The number of nitrogens with two attached hydrogens (primary N) is 1. The third kappa shape index (κ3) is 3.58. The molecular formula is C19H25F2N3O2. The van der Waals surface area contributed by atoms with Crippen molar-refractivity contribution in [1.29, 1.82) is 0 Å². The van der Waals surface area contributed by atoms with Gasteiger partial charge in [-0.2, -0.15) is 0 Å². The first-order valence-electron chi connectivity index (χ1n) is 9.15. The maximum Gasteiger partial charge on any atom is 0.230 e. The summed E-state index contributed by atoms with van der Waals surface area (Å²) in [6, 6.07) is 3.51. The molecule has 2 amide bonds. The summed E-state index contributed by atoms with van der Waals surface area (Å²) in [6.45, 7) is 1.72. The minimum Gasteiger partial charge on any atom is -0.354 e. The summed E-state index contributed by atoms with van der Waals surface area (Å²) in [5.41, 5.74) is 5.98. The molecule has 3 N–H and O–H groups in total. The number of halogens is 2. The Morgan fingerprint density at radius 3 is 2.54 bits per heavy atom. The van der Waals surface area contributed by atoms with E-state index in [9.17, 15) is 18.4 Å². The molecule has 26 heavy (non-hydrogen) atoms. The van der Waals surface area contributed by atoms with E-state index in [1.165, 1.54) is 6.07 Å². The van der Waals surface area contributed by atoms with Crippen LogP contribution in [0.15, 0.2) is 18.2 Å². The Labute approximate surface area is 151 Å². The number of nitrogens with zero attached hydrogens (tertiary/aromatic N) is 1. The molecule has 0 radical (unpaired) electrons. The molecule has 1 saturated carbocycles. The van der Waals surface area contributed by atoms with E-state index in [-0.39, 0.29) is 17.9 Å². The summed E-state index contributed by atoms with van der Waals surface area (Å²) in [5, 5.41) is 2.92. The molecule has 0 aromatic heterocycles. The van der Waals surface area contributed by atoms with E-state index in [0.717, 1.165) is 37.8 Å². The molecule has 5 nitrogen and oxygen atoms in total. The van der Waals surface area contributed by atoms with E-state index < -0.39 is 17.0 Å². The zero-order valence-electron chi connectivity index (χ0n) is 14.7. The number of benzene rings is 1. The molecule has 0 bridgehead atoms. The summed E-state index contributed by atoms with van der Waals surface area (Å²) in [5.74, 6) is -1.75. The van der Waals surface area contributed by atoms with Gasteiger partial charge in [-0.05, 0) is 49.3 Å². The third-order valence-electron chi connectivity index (χ3n) is 5.94. The average Bonchev–Trinajstić information content (AvgIpc) is 2.61. The van der Waals surface area contributed by atoms with E-state index in [2.05, 4.69) is 5.32 Å². The predicted molar refractivity (Wildman–Crippen MR) is 93.2 cm³/mol. The number of amides is 2. The summed E-state index contributed by atoms with van der Waals surface area (Å²) in [4.78, 5) is 25.3. The lowest BCUT2D eigenvalue weighted by Gasteiger charge is -2.41. The van der Waals surface area contributed by atoms with Gasteiger partial charge in [-0.3, -0.25) is 9.59 Å². The van der Waals surface area contributed by atoms with E-state index in [0.29, 0.717) is 38.0 Å². The molecule has 1 saturated heterocycles. The van der Waals surface area contributed by atoms with Gasteiger partial charge in [-0.1, -0.05) is 12.5 Å². The molecule has 2 fully saturated rings. The maximum absolute atomic E-state index is 13.6. The van der Waals surface area contributed by atoms with Crippen LogP contribution < -0.4 is 11.1 Å². The van der Waals surface area contributed by atoms with Gasteiger partial charge in [-0.25, -0.2) is 8.78 Å². The topological polar surface area (TPSA) is 75.4 Å². The van der Waals surface area contributed by atoms with Gasteiger partial charge in [0.1, 0.15) is 0 Å². The fourth-order valence-electron chi connectivity index (χ4n) is 3.97. The summed E-state index contributed by atoms with van der Waals surface area (Å²) >= 11 is 0. The lowest BCUT2D eigenvalue weighted by atomic mass is 9.63. The molecule has 142 valence electrons. The molecule has 1 aliphatic heterocycles. The summed E-state index contributed by atoms with van der Waals surface area (Å²) < 4.78 is 26.8. The fraction of sp³-hybridized carbons (Fsp3) is 0.579. The van der Waals surface area contributed by atoms with Crippen molar-refractivity contribution in [1.82, 2.24) is 10.2 Å². The predicted octanol–water partition coefficient (Wildman–Crippen LogP) is 1.70. The Morgan fingerprint density at radius 2 is 2.00 bits per heavy atom. The highest BCUT2D eigenvalue weighted by Crippen LogP contribution is 2.44. The van der Waals surface area contributed by atoms with Crippen molar-refractivity contribution in [3.8, 4) is 0 Å². The number of hydrogen-bond donors (Lipinski definition) is 2. The van der Waals surface area contributed by atoms with Gasteiger partial charge in [0.25, 0.3) is 0 Å². The van der Waals surface area contributed by atoms with Crippen LogP contribution in [0.3, 0.4) is 0 Å². The Bertz CT molecular complexity index is 671. The lowest BCUT2D eigenvalue weighted by Crippen LogP contribution is -2.53. The first-order chi connectivity index (χ1) is 12.5. The average molecular weight is 365 g/mol. The van der Waals surface area contributed by atoms with Crippen LogP contribution in [-0.4, -0.2) is 42.9 Å². The molecule has 1 heterocycles. The smallest absolute Gasteiger partial charge is 0.230 e. The number of nitrogens with one attached hydrogen (secondary N) is 1. The minimum atomic E-state index is -0.930.